The minimum Gasteiger partial charge on any atom is -0.235 e. The Labute approximate surface area is 89.5 Å². The Balaban J connectivity index is 3.33. The van der Waals surface area contributed by atoms with E-state index < -0.39 is 12.1 Å². The fourth-order valence-corrected chi connectivity index (χ4v) is 1.28. The van der Waals surface area contributed by atoms with Gasteiger partial charge in [-0.15, -0.1) is 0 Å². The van der Waals surface area contributed by atoms with Gasteiger partial charge in [0.05, 0.1) is 24.1 Å². The molecular weight excluding hydrogens is 224 g/mol. The van der Waals surface area contributed by atoms with Gasteiger partial charge in [0.25, 0.3) is 6.43 Å². The molecule has 1 aromatic rings. The van der Waals surface area contributed by atoms with E-state index in [9.17, 15) is 8.78 Å². The van der Waals surface area contributed by atoms with Crippen LogP contribution >= 0.6 is 11.6 Å². The van der Waals surface area contributed by atoms with Gasteiger partial charge in [-0.1, -0.05) is 11.6 Å². The lowest BCUT2D eigenvalue weighted by molar-refractivity contribution is 0.146. The van der Waals surface area contributed by atoms with Crippen LogP contribution in [0, 0.1) is 22.7 Å². The van der Waals surface area contributed by atoms with Crippen molar-refractivity contribution < 1.29 is 8.78 Å². The predicted molar refractivity (Wildman–Crippen MR) is 48.2 cm³/mol. The molecule has 1 rings (SSSR count). The maximum atomic E-state index is 12.3. The van der Waals surface area contributed by atoms with Crippen LogP contribution in [0.3, 0.4) is 0 Å². The van der Waals surface area contributed by atoms with E-state index >= 15 is 0 Å². The van der Waals surface area contributed by atoms with Gasteiger partial charge in [0.2, 0.25) is 0 Å². The van der Waals surface area contributed by atoms with Gasteiger partial charge in [-0.3, -0.25) is 0 Å². The molecule has 0 amide bonds. The number of halogens is 3. The highest BCUT2D eigenvalue weighted by Gasteiger charge is 2.16. The topological polar surface area (TPSA) is 60.5 Å². The van der Waals surface area contributed by atoms with E-state index in [1.165, 1.54) is 0 Å². The van der Waals surface area contributed by atoms with Crippen molar-refractivity contribution in [3.05, 3.63) is 28.0 Å². The first kappa shape index (κ1) is 11.4. The van der Waals surface area contributed by atoms with Crippen molar-refractivity contribution in [1.82, 2.24) is 4.98 Å². The van der Waals surface area contributed by atoms with Gasteiger partial charge in [-0.2, -0.15) is 10.5 Å². The summed E-state index contributed by atoms with van der Waals surface area (Å²) in [6.45, 7) is 0. The number of pyridine rings is 1. The summed E-state index contributed by atoms with van der Waals surface area (Å²) in [7, 11) is 0. The molecule has 0 unspecified atom stereocenters. The summed E-state index contributed by atoms with van der Waals surface area (Å²) >= 11 is 5.59. The third-order valence-electron chi connectivity index (χ3n) is 1.69. The molecule has 1 aromatic heterocycles. The molecular formula is C9H4ClF2N3. The molecule has 0 saturated heterocycles. The van der Waals surface area contributed by atoms with Crippen LogP contribution in [0.4, 0.5) is 8.78 Å². The van der Waals surface area contributed by atoms with Crippen LogP contribution in [0.15, 0.2) is 6.07 Å². The van der Waals surface area contributed by atoms with Gasteiger partial charge in [0.15, 0.2) is 0 Å². The molecule has 0 saturated carbocycles. The molecule has 0 spiro atoms. The van der Waals surface area contributed by atoms with Crippen LogP contribution in [0.5, 0.6) is 0 Å². The predicted octanol–water partition coefficient (Wildman–Crippen LogP) is 2.61. The van der Waals surface area contributed by atoms with E-state index in [2.05, 4.69) is 4.98 Å². The number of alkyl halides is 2. The van der Waals surface area contributed by atoms with Crippen LogP contribution in [-0.4, -0.2) is 4.98 Å². The van der Waals surface area contributed by atoms with Crippen molar-refractivity contribution in [3.63, 3.8) is 0 Å². The lowest BCUT2D eigenvalue weighted by Crippen LogP contribution is -1.98. The maximum absolute atomic E-state index is 12.3. The number of aromatic nitrogens is 1. The third-order valence-corrected chi connectivity index (χ3v) is 2.01. The highest BCUT2D eigenvalue weighted by atomic mass is 35.5. The quantitative estimate of drug-likeness (QED) is 0.730. The van der Waals surface area contributed by atoms with Crippen LogP contribution in [0.2, 0.25) is 5.15 Å². The third kappa shape index (κ3) is 2.39. The molecule has 0 atom stereocenters. The van der Waals surface area contributed by atoms with Crippen molar-refractivity contribution in [2.45, 2.75) is 12.8 Å². The smallest absolute Gasteiger partial charge is 0.235 e. The average Bonchev–Trinajstić information content (AvgIpc) is 2.20. The summed E-state index contributed by atoms with van der Waals surface area (Å²) in [5, 5.41) is 16.9. The lowest BCUT2D eigenvalue weighted by atomic mass is 10.1. The molecule has 0 aliphatic heterocycles. The Morgan fingerprint density at radius 1 is 1.47 bits per heavy atom. The van der Waals surface area contributed by atoms with Gasteiger partial charge in [0, 0.05) is 5.56 Å². The van der Waals surface area contributed by atoms with Crippen LogP contribution in [0.25, 0.3) is 0 Å². The van der Waals surface area contributed by atoms with E-state index in [1.54, 1.807) is 12.1 Å². The van der Waals surface area contributed by atoms with E-state index in [0.29, 0.717) is 0 Å². The summed E-state index contributed by atoms with van der Waals surface area (Å²) < 4.78 is 24.6. The SMILES string of the molecule is N#CCc1c(C#N)cc(C(F)F)nc1Cl. The van der Waals surface area contributed by atoms with Gasteiger partial charge in [-0.05, 0) is 6.07 Å². The molecule has 0 N–H and O–H groups in total. The molecule has 0 bridgehead atoms. The van der Waals surface area contributed by atoms with Gasteiger partial charge < -0.3 is 0 Å². The Bertz CT molecular complexity index is 460. The largest absolute Gasteiger partial charge is 0.280 e. The fraction of sp³-hybridized carbons (Fsp3) is 0.222. The summed E-state index contributed by atoms with van der Waals surface area (Å²) in [5.41, 5.74) is -0.406. The van der Waals surface area contributed by atoms with Gasteiger partial charge in [0.1, 0.15) is 10.8 Å². The zero-order valence-electron chi connectivity index (χ0n) is 7.34. The summed E-state index contributed by atoms with van der Waals surface area (Å²) in [5.74, 6) is 0. The highest BCUT2D eigenvalue weighted by molar-refractivity contribution is 6.30. The molecule has 6 heteroatoms. The Morgan fingerprint density at radius 3 is 2.60 bits per heavy atom. The first-order valence-electron chi connectivity index (χ1n) is 3.84. The first-order chi connectivity index (χ1) is 7.10. The Kier molecular flexibility index (Phi) is 3.54. The van der Waals surface area contributed by atoms with E-state index in [-0.39, 0.29) is 22.7 Å². The second-order valence-electron chi connectivity index (χ2n) is 2.61. The second kappa shape index (κ2) is 4.68. The monoisotopic (exact) mass is 227 g/mol. The number of nitriles is 2. The standard InChI is InChI=1S/C9H4ClF2N3/c10-8-6(1-2-13)5(4-14)3-7(15-8)9(11)12/h3,9H,1H2. The summed E-state index contributed by atoms with van der Waals surface area (Å²) in [6, 6.07) is 4.44. The van der Waals surface area contributed by atoms with Crippen molar-refractivity contribution in [2.24, 2.45) is 0 Å². The highest BCUT2D eigenvalue weighted by Crippen LogP contribution is 2.24. The van der Waals surface area contributed by atoms with Gasteiger partial charge >= 0.3 is 0 Å². The van der Waals surface area contributed by atoms with Crippen molar-refractivity contribution >= 4 is 11.6 Å². The maximum Gasteiger partial charge on any atom is 0.280 e. The zero-order chi connectivity index (χ0) is 11.4. The van der Waals surface area contributed by atoms with E-state index in [4.69, 9.17) is 22.1 Å². The summed E-state index contributed by atoms with van der Waals surface area (Å²) in [4.78, 5) is 3.41. The number of hydrogen-bond acceptors (Lipinski definition) is 3. The van der Waals surface area contributed by atoms with Crippen molar-refractivity contribution in [3.8, 4) is 12.1 Å². The minimum absolute atomic E-state index is 0.0353. The normalized spacial score (nSPS) is 9.73. The molecule has 0 fully saturated rings. The zero-order valence-corrected chi connectivity index (χ0v) is 8.09. The van der Waals surface area contributed by atoms with Gasteiger partial charge in [-0.25, -0.2) is 13.8 Å². The molecule has 15 heavy (non-hydrogen) atoms. The molecule has 0 aromatic carbocycles. The van der Waals surface area contributed by atoms with Crippen LogP contribution < -0.4 is 0 Å². The first-order valence-corrected chi connectivity index (χ1v) is 4.22. The average molecular weight is 228 g/mol. The minimum atomic E-state index is -2.79. The number of hydrogen-bond donors (Lipinski definition) is 0. The van der Waals surface area contributed by atoms with Crippen LogP contribution in [-0.2, 0) is 6.42 Å². The molecule has 0 aliphatic rings. The van der Waals surface area contributed by atoms with E-state index in [1.807, 2.05) is 0 Å². The van der Waals surface area contributed by atoms with Crippen molar-refractivity contribution in [1.29, 1.82) is 10.5 Å². The van der Waals surface area contributed by atoms with Crippen molar-refractivity contribution in [2.75, 3.05) is 0 Å². The molecule has 0 aliphatic carbocycles. The second-order valence-corrected chi connectivity index (χ2v) is 2.97. The molecule has 1 heterocycles. The summed E-state index contributed by atoms with van der Waals surface area (Å²) in [6.07, 6.45) is -2.91. The Morgan fingerprint density at radius 2 is 2.13 bits per heavy atom. The Hall–Kier alpha value is -1.72. The fourth-order valence-electron chi connectivity index (χ4n) is 1.02. The molecule has 3 nitrogen and oxygen atoms in total. The molecule has 76 valence electrons. The number of nitrogens with zero attached hydrogens (tertiary/aromatic N) is 3. The lowest BCUT2D eigenvalue weighted by Gasteiger charge is -2.05. The van der Waals surface area contributed by atoms with Crippen LogP contribution in [0.1, 0.15) is 23.2 Å². The van der Waals surface area contributed by atoms with E-state index in [0.717, 1.165) is 6.07 Å². The number of rotatable bonds is 2. The molecule has 0 radical (unpaired) electrons.